The summed E-state index contributed by atoms with van der Waals surface area (Å²) in [6.07, 6.45) is -3.65. The predicted molar refractivity (Wildman–Crippen MR) is 110 cm³/mol. The van der Waals surface area contributed by atoms with Gasteiger partial charge in [-0.2, -0.15) is 23.7 Å². The van der Waals surface area contributed by atoms with E-state index in [1.807, 2.05) is 0 Å². The summed E-state index contributed by atoms with van der Waals surface area (Å²) < 4.78 is 40.1. The molecule has 4 atom stereocenters. The minimum absolute atomic E-state index is 0.147. The first-order chi connectivity index (χ1) is 15.2. The maximum Gasteiger partial charge on any atom is 0.417 e. The number of nitrogens with zero attached hydrogens (tertiary/aromatic N) is 2. The maximum atomic E-state index is 13.4. The number of nitrogens with one attached hydrogen (secondary N) is 1. The van der Waals surface area contributed by atoms with Crippen LogP contribution >= 0.6 is 0 Å². The van der Waals surface area contributed by atoms with Gasteiger partial charge in [-0.25, -0.2) is 0 Å². The number of hydrogen-bond acceptors (Lipinski definition) is 5. The standard InChI is InChI=1S/C24H22F3N3O2/c25-24(26,27)19-10-17-9-16-5-6-21(31)23(32,22(16)30-20(17)11-18(19)13-29)8-7-14-1-3-15(12-28)4-2-14/h1-4,10-11,16,21-22,30-32H,5-9H2. The number of alkyl halides is 3. The fourth-order valence-corrected chi connectivity index (χ4v) is 5.00. The van der Waals surface area contributed by atoms with E-state index >= 15 is 0 Å². The highest BCUT2D eigenvalue weighted by atomic mass is 19.4. The largest absolute Gasteiger partial charge is 0.417 e. The molecular formula is C24H22F3N3O2. The van der Waals surface area contributed by atoms with Crippen LogP contribution in [0.5, 0.6) is 0 Å². The third-order valence-electron chi connectivity index (χ3n) is 6.76. The van der Waals surface area contributed by atoms with Crippen LogP contribution in [0.3, 0.4) is 0 Å². The van der Waals surface area contributed by atoms with Gasteiger partial charge in [-0.15, -0.1) is 0 Å². The van der Waals surface area contributed by atoms with E-state index in [1.165, 1.54) is 6.07 Å². The normalized spacial score (nSPS) is 26.8. The van der Waals surface area contributed by atoms with E-state index in [9.17, 15) is 28.6 Å². The lowest BCUT2D eigenvalue weighted by Gasteiger charge is -2.51. The summed E-state index contributed by atoms with van der Waals surface area (Å²) in [6, 6.07) is 12.3. The van der Waals surface area contributed by atoms with Gasteiger partial charge in [0, 0.05) is 5.69 Å². The van der Waals surface area contributed by atoms with Crippen LogP contribution in [-0.2, 0) is 19.0 Å². The zero-order valence-corrected chi connectivity index (χ0v) is 17.2. The van der Waals surface area contributed by atoms with Gasteiger partial charge in [0.2, 0.25) is 0 Å². The van der Waals surface area contributed by atoms with Crippen molar-refractivity contribution in [1.29, 1.82) is 10.5 Å². The molecule has 1 heterocycles. The smallest absolute Gasteiger partial charge is 0.390 e. The molecule has 0 spiro atoms. The minimum atomic E-state index is -4.62. The second kappa shape index (κ2) is 8.12. The van der Waals surface area contributed by atoms with Gasteiger partial charge in [-0.1, -0.05) is 12.1 Å². The molecule has 2 aliphatic rings. The molecule has 1 saturated carbocycles. The SMILES string of the molecule is N#Cc1ccc(CCC2(O)C(O)CCC3Cc4cc(C(F)(F)F)c(C#N)cc4NC32)cc1. The maximum absolute atomic E-state index is 13.4. The fraction of sp³-hybridized carbons (Fsp3) is 0.417. The molecule has 0 amide bonds. The van der Waals surface area contributed by atoms with Crippen molar-refractivity contribution in [2.24, 2.45) is 5.92 Å². The Morgan fingerprint density at radius 1 is 1.09 bits per heavy atom. The molecule has 2 aromatic rings. The van der Waals surface area contributed by atoms with Crippen LogP contribution < -0.4 is 5.32 Å². The monoisotopic (exact) mass is 441 g/mol. The molecule has 3 N–H and O–H groups in total. The molecule has 0 aromatic heterocycles. The summed E-state index contributed by atoms with van der Waals surface area (Å²) in [5.41, 5.74) is -0.619. The van der Waals surface area contributed by atoms with E-state index in [0.29, 0.717) is 42.5 Å². The lowest BCUT2D eigenvalue weighted by Crippen LogP contribution is -2.63. The zero-order valence-electron chi connectivity index (χ0n) is 17.2. The lowest BCUT2D eigenvalue weighted by molar-refractivity contribution is -0.138. The molecule has 0 radical (unpaired) electrons. The number of halogens is 3. The summed E-state index contributed by atoms with van der Waals surface area (Å²) in [4.78, 5) is 0. The Labute approximate surface area is 183 Å². The number of rotatable bonds is 3. The molecule has 5 nitrogen and oxygen atoms in total. The van der Waals surface area contributed by atoms with Crippen molar-refractivity contribution < 1.29 is 23.4 Å². The molecule has 32 heavy (non-hydrogen) atoms. The van der Waals surface area contributed by atoms with E-state index in [4.69, 9.17) is 5.26 Å². The summed E-state index contributed by atoms with van der Waals surface area (Å²) in [5.74, 6) is -0.147. The highest BCUT2D eigenvalue weighted by Crippen LogP contribution is 2.45. The van der Waals surface area contributed by atoms with Gasteiger partial charge < -0.3 is 15.5 Å². The Morgan fingerprint density at radius 3 is 2.44 bits per heavy atom. The Balaban J connectivity index is 1.62. The van der Waals surface area contributed by atoms with Gasteiger partial charge in [0.1, 0.15) is 5.60 Å². The number of anilines is 1. The first-order valence-electron chi connectivity index (χ1n) is 10.5. The molecule has 0 bridgehead atoms. The third-order valence-corrected chi connectivity index (χ3v) is 6.76. The van der Waals surface area contributed by atoms with Crippen molar-refractivity contribution in [2.75, 3.05) is 5.32 Å². The number of fused-ring (bicyclic) bond motifs is 2. The second-order valence-electron chi connectivity index (χ2n) is 8.64. The van der Waals surface area contributed by atoms with Crippen molar-refractivity contribution in [3.8, 4) is 12.1 Å². The van der Waals surface area contributed by atoms with Crippen LogP contribution in [0.1, 0.15) is 47.1 Å². The summed E-state index contributed by atoms with van der Waals surface area (Å²) >= 11 is 0. The van der Waals surface area contributed by atoms with Crippen molar-refractivity contribution >= 4 is 5.69 Å². The Morgan fingerprint density at radius 2 is 1.81 bits per heavy atom. The summed E-state index contributed by atoms with van der Waals surface area (Å²) in [5, 5.41) is 43.5. The van der Waals surface area contributed by atoms with Crippen LogP contribution in [0.15, 0.2) is 36.4 Å². The minimum Gasteiger partial charge on any atom is -0.390 e. The summed E-state index contributed by atoms with van der Waals surface area (Å²) in [7, 11) is 0. The van der Waals surface area contributed by atoms with E-state index < -0.39 is 35.1 Å². The molecule has 166 valence electrons. The van der Waals surface area contributed by atoms with Crippen molar-refractivity contribution in [3.63, 3.8) is 0 Å². The molecule has 8 heteroatoms. The number of aliphatic hydroxyl groups excluding tert-OH is 1. The van der Waals surface area contributed by atoms with Gasteiger partial charge in [0.15, 0.2) is 0 Å². The molecular weight excluding hydrogens is 419 g/mol. The Bertz CT molecular complexity index is 1100. The van der Waals surface area contributed by atoms with E-state index in [-0.39, 0.29) is 12.3 Å². The Hall–Kier alpha value is -3.07. The molecule has 1 aliphatic heterocycles. The lowest BCUT2D eigenvalue weighted by atomic mass is 9.66. The average Bonchev–Trinajstić information content (AvgIpc) is 2.78. The third kappa shape index (κ3) is 3.92. The van der Waals surface area contributed by atoms with Crippen LogP contribution in [0.2, 0.25) is 0 Å². The topological polar surface area (TPSA) is 100 Å². The number of aryl methyl sites for hydroxylation is 1. The highest BCUT2D eigenvalue weighted by Gasteiger charge is 2.51. The van der Waals surface area contributed by atoms with Crippen molar-refractivity contribution in [2.45, 2.75) is 56.0 Å². The number of nitriles is 2. The molecule has 1 fully saturated rings. The van der Waals surface area contributed by atoms with Crippen molar-refractivity contribution in [3.05, 3.63) is 64.2 Å². The van der Waals surface area contributed by atoms with E-state index in [2.05, 4.69) is 11.4 Å². The quantitative estimate of drug-likeness (QED) is 0.671. The van der Waals surface area contributed by atoms with Crippen LogP contribution in [0, 0.1) is 28.6 Å². The second-order valence-corrected chi connectivity index (χ2v) is 8.64. The van der Waals surface area contributed by atoms with Gasteiger partial charge in [-0.05, 0) is 73.4 Å². The number of benzene rings is 2. The van der Waals surface area contributed by atoms with Gasteiger partial charge in [0.25, 0.3) is 0 Å². The number of hydrogen-bond donors (Lipinski definition) is 3. The first kappa shape index (κ1) is 22.1. The fourth-order valence-electron chi connectivity index (χ4n) is 5.00. The first-order valence-corrected chi connectivity index (χ1v) is 10.5. The van der Waals surface area contributed by atoms with Crippen LogP contribution in [0.4, 0.5) is 18.9 Å². The predicted octanol–water partition coefficient (Wildman–Crippen LogP) is 3.92. The van der Waals surface area contributed by atoms with Gasteiger partial charge in [0.05, 0.1) is 41.0 Å². The van der Waals surface area contributed by atoms with E-state index in [0.717, 1.165) is 11.6 Å². The molecule has 2 aromatic carbocycles. The molecule has 1 aliphatic carbocycles. The molecule has 0 saturated heterocycles. The molecule has 4 rings (SSSR count). The Kier molecular flexibility index (Phi) is 5.62. The molecule has 4 unspecified atom stereocenters. The summed E-state index contributed by atoms with van der Waals surface area (Å²) in [6.45, 7) is 0. The van der Waals surface area contributed by atoms with Crippen molar-refractivity contribution in [1.82, 2.24) is 0 Å². The van der Waals surface area contributed by atoms with Gasteiger partial charge >= 0.3 is 6.18 Å². The highest BCUT2D eigenvalue weighted by molar-refractivity contribution is 5.62. The van der Waals surface area contributed by atoms with Crippen LogP contribution in [-0.4, -0.2) is 28.0 Å². The van der Waals surface area contributed by atoms with E-state index in [1.54, 1.807) is 30.3 Å². The number of aliphatic hydroxyl groups is 2. The van der Waals surface area contributed by atoms with Gasteiger partial charge in [-0.3, -0.25) is 0 Å². The van der Waals surface area contributed by atoms with Crippen LogP contribution in [0.25, 0.3) is 0 Å². The zero-order chi connectivity index (χ0) is 23.1. The average molecular weight is 441 g/mol.